The molecular weight excluding hydrogens is 402 g/mol. The van der Waals surface area contributed by atoms with Crippen molar-refractivity contribution in [3.8, 4) is 0 Å². The maximum atomic E-state index is 12.8. The average Bonchev–Trinajstić information content (AvgIpc) is 3.18. The smallest absolute Gasteiger partial charge is 0.408 e. The first-order chi connectivity index (χ1) is 12.4. The predicted octanol–water partition coefficient (Wildman–Crippen LogP) is 3.14. The number of carbonyl (C=O) groups excluding carboxylic acids is 1. The van der Waals surface area contributed by atoms with Crippen LogP contribution in [0.15, 0.2) is 36.0 Å². The van der Waals surface area contributed by atoms with E-state index in [9.17, 15) is 14.7 Å². The second kappa shape index (κ2) is 7.20. The third-order valence-corrected chi connectivity index (χ3v) is 5.36. The number of hydrogen-bond acceptors (Lipinski definition) is 4. The van der Waals surface area contributed by atoms with Crippen LogP contribution in [0.1, 0.15) is 18.4 Å². The molecule has 0 aromatic carbocycles. The largest absolute Gasteiger partial charge is 0.465 e. The summed E-state index contributed by atoms with van der Waals surface area (Å²) >= 11 is 3.27. The normalized spacial score (nSPS) is 26.1. The Hall–Kier alpha value is -2.19. The van der Waals surface area contributed by atoms with Crippen molar-refractivity contribution in [2.45, 2.75) is 24.9 Å². The minimum atomic E-state index is -1.09. The second-order valence-electron chi connectivity index (χ2n) is 6.56. The molecule has 0 radical (unpaired) electrons. The van der Waals surface area contributed by atoms with E-state index in [4.69, 9.17) is 4.74 Å². The van der Waals surface area contributed by atoms with Crippen molar-refractivity contribution < 1.29 is 19.4 Å². The van der Waals surface area contributed by atoms with Crippen LogP contribution in [0.25, 0.3) is 6.08 Å². The molecule has 0 bridgehead atoms. The lowest BCUT2D eigenvalue weighted by atomic mass is 10.00. The SMILES string of the molecule is C=CCOCC12CC(C(=O)Nc3nc(Br)ccc3C=C)N(C(=O)O)C1C2. The molecule has 8 heteroatoms. The molecule has 1 aromatic heterocycles. The van der Waals surface area contributed by atoms with Gasteiger partial charge in [-0.2, -0.15) is 0 Å². The van der Waals surface area contributed by atoms with Gasteiger partial charge in [0.15, 0.2) is 0 Å². The lowest BCUT2D eigenvalue weighted by Crippen LogP contribution is -2.45. The molecule has 3 unspecified atom stereocenters. The number of aromatic nitrogens is 1. The minimum absolute atomic E-state index is 0.185. The predicted molar refractivity (Wildman–Crippen MR) is 101 cm³/mol. The summed E-state index contributed by atoms with van der Waals surface area (Å²) in [7, 11) is 0. The quantitative estimate of drug-likeness (QED) is 0.400. The van der Waals surface area contributed by atoms with E-state index in [-0.39, 0.29) is 11.5 Å². The molecule has 26 heavy (non-hydrogen) atoms. The number of nitrogens with zero attached hydrogens (tertiary/aromatic N) is 2. The summed E-state index contributed by atoms with van der Waals surface area (Å²) in [4.78, 5) is 30.0. The number of pyridine rings is 1. The Balaban J connectivity index is 1.76. The van der Waals surface area contributed by atoms with Gasteiger partial charge in [0.25, 0.3) is 0 Å². The van der Waals surface area contributed by atoms with E-state index in [2.05, 4.69) is 39.4 Å². The zero-order chi connectivity index (χ0) is 18.9. The van der Waals surface area contributed by atoms with Crippen LogP contribution >= 0.6 is 15.9 Å². The number of halogens is 1. The number of carbonyl (C=O) groups is 2. The number of anilines is 1. The van der Waals surface area contributed by atoms with Crippen molar-refractivity contribution in [1.29, 1.82) is 0 Å². The first kappa shape index (κ1) is 18.6. The maximum absolute atomic E-state index is 12.8. The van der Waals surface area contributed by atoms with E-state index >= 15 is 0 Å². The number of likely N-dealkylation sites (tertiary alicyclic amines) is 1. The van der Waals surface area contributed by atoms with Crippen LogP contribution in [0.4, 0.5) is 10.6 Å². The topological polar surface area (TPSA) is 91.8 Å². The van der Waals surface area contributed by atoms with Crippen LogP contribution in [0.5, 0.6) is 0 Å². The lowest BCUT2D eigenvalue weighted by Gasteiger charge is -2.24. The molecule has 2 heterocycles. The van der Waals surface area contributed by atoms with Gasteiger partial charge in [-0.1, -0.05) is 18.7 Å². The number of nitrogens with one attached hydrogen (secondary N) is 1. The highest BCUT2D eigenvalue weighted by atomic mass is 79.9. The molecule has 2 aliphatic rings. The first-order valence-electron chi connectivity index (χ1n) is 8.21. The molecule has 2 fully saturated rings. The van der Waals surface area contributed by atoms with Gasteiger partial charge >= 0.3 is 6.09 Å². The number of piperidine rings is 1. The molecule has 1 saturated heterocycles. The Kier molecular flexibility index (Phi) is 5.15. The highest BCUT2D eigenvalue weighted by Gasteiger charge is 2.67. The standard InChI is InChI=1S/C18H20BrN3O4/c1-3-7-26-10-18-8-12(22(17(24)25)13(18)9-18)16(23)21-15-11(4-2)5-6-14(19)20-15/h3-6,12-13H,1-2,7-10H2,(H,24,25)(H,20,21,23). The third kappa shape index (κ3) is 3.39. The van der Waals surface area contributed by atoms with E-state index in [0.29, 0.717) is 42.0 Å². The van der Waals surface area contributed by atoms with Crippen molar-refractivity contribution in [2.24, 2.45) is 5.41 Å². The van der Waals surface area contributed by atoms with Crippen LogP contribution in [0.2, 0.25) is 0 Å². The highest BCUT2D eigenvalue weighted by Crippen LogP contribution is 2.59. The Labute approximate surface area is 159 Å². The zero-order valence-electron chi connectivity index (χ0n) is 14.2. The highest BCUT2D eigenvalue weighted by molar-refractivity contribution is 9.10. The van der Waals surface area contributed by atoms with Gasteiger partial charge in [0, 0.05) is 17.0 Å². The van der Waals surface area contributed by atoms with Gasteiger partial charge < -0.3 is 15.2 Å². The maximum Gasteiger partial charge on any atom is 0.408 e. The summed E-state index contributed by atoms with van der Waals surface area (Å²) in [5.41, 5.74) is 0.380. The van der Waals surface area contributed by atoms with E-state index < -0.39 is 18.0 Å². The van der Waals surface area contributed by atoms with Crippen LogP contribution in [0.3, 0.4) is 0 Å². The summed E-state index contributed by atoms with van der Waals surface area (Å²) in [5, 5.41) is 12.3. The molecule has 1 aromatic rings. The third-order valence-electron chi connectivity index (χ3n) is 4.92. The molecule has 7 nitrogen and oxygen atoms in total. The van der Waals surface area contributed by atoms with Crippen molar-refractivity contribution in [3.05, 3.63) is 41.5 Å². The number of amides is 2. The molecule has 2 amide bonds. The number of ether oxygens (including phenoxy) is 1. The first-order valence-corrected chi connectivity index (χ1v) is 9.01. The average molecular weight is 422 g/mol. The van der Waals surface area contributed by atoms with Gasteiger partial charge in [0.1, 0.15) is 16.5 Å². The van der Waals surface area contributed by atoms with Crippen LogP contribution in [-0.2, 0) is 9.53 Å². The number of rotatable bonds is 7. The molecule has 3 atom stereocenters. The Morgan fingerprint density at radius 1 is 1.46 bits per heavy atom. The zero-order valence-corrected chi connectivity index (χ0v) is 15.7. The molecule has 1 saturated carbocycles. The van der Waals surface area contributed by atoms with E-state index in [1.54, 1.807) is 24.3 Å². The lowest BCUT2D eigenvalue weighted by molar-refractivity contribution is -0.120. The number of hydrogen-bond donors (Lipinski definition) is 2. The molecular formula is C18H20BrN3O4. The summed E-state index contributed by atoms with van der Waals surface area (Å²) < 4.78 is 6.10. The molecule has 2 N–H and O–H groups in total. The van der Waals surface area contributed by atoms with Gasteiger partial charge in [-0.3, -0.25) is 9.69 Å². The van der Waals surface area contributed by atoms with Gasteiger partial charge in [-0.15, -0.1) is 6.58 Å². The molecule has 0 spiro atoms. The van der Waals surface area contributed by atoms with Gasteiger partial charge in [-0.25, -0.2) is 9.78 Å². The van der Waals surface area contributed by atoms with Crippen molar-refractivity contribution >= 4 is 39.8 Å². The van der Waals surface area contributed by atoms with E-state index in [1.807, 2.05) is 0 Å². The summed E-state index contributed by atoms with van der Waals surface area (Å²) in [5.74, 6) is -0.0429. The van der Waals surface area contributed by atoms with Crippen LogP contribution in [0, 0.1) is 5.41 Å². The monoisotopic (exact) mass is 421 g/mol. The van der Waals surface area contributed by atoms with Crippen molar-refractivity contribution in [1.82, 2.24) is 9.88 Å². The Bertz CT molecular complexity index is 769. The molecule has 1 aliphatic heterocycles. The number of fused-ring (bicyclic) bond motifs is 1. The Morgan fingerprint density at radius 2 is 2.23 bits per heavy atom. The van der Waals surface area contributed by atoms with E-state index in [1.165, 1.54) is 4.90 Å². The van der Waals surface area contributed by atoms with Gasteiger partial charge in [0.05, 0.1) is 13.2 Å². The second-order valence-corrected chi connectivity index (χ2v) is 7.37. The van der Waals surface area contributed by atoms with E-state index in [0.717, 1.165) is 0 Å². The fourth-order valence-electron chi connectivity index (χ4n) is 3.60. The fourth-order valence-corrected chi connectivity index (χ4v) is 3.91. The van der Waals surface area contributed by atoms with Crippen LogP contribution < -0.4 is 5.32 Å². The van der Waals surface area contributed by atoms with Crippen LogP contribution in [-0.4, -0.2) is 52.3 Å². The summed E-state index contributed by atoms with van der Waals surface area (Å²) in [6.07, 6.45) is 3.29. The van der Waals surface area contributed by atoms with Crippen molar-refractivity contribution in [3.63, 3.8) is 0 Å². The fraction of sp³-hybridized carbons (Fsp3) is 0.389. The van der Waals surface area contributed by atoms with Gasteiger partial charge in [-0.05, 0) is 40.9 Å². The summed E-state index contributed by atoms with van der Waals surface area (Å²) in [6, 6.07) is 2.56. The number of carboxylic acid groups (broad SMARTS) is 1. The van der Waals surface area contributed by atoms with Crippen molar-refractivity contribution in [2.75, 3.05) is 18.5 Å². The molecule has 3 rings (SSSR count). The Morgan fingerprint density at radius 3 is 2.88 bits per heavy atom. The summed E-state index contributed by atoms with van der Waals surface area (Å²) in [6.45, 7) is 8.14. The molecule has 1 aliphatic carbocycles. The van der Waals surface area contributed by atoms with Gasteiger partial charge in [0.2, 0.25) is 5.91 Å². The minimum Gasteiger partial charge on any atom is -0.465 e. The molecule has 138 valence electrons.